The van der Waals surface area contributed by atoms with Crippen molar-refractivity contribution in [2.75, 3.05) is 13.1 Å². The van der Waals surface area contributed by atoms with Crippen LogP contribution in [-0.4, -0.2) is 28.8 Å². The van der Waals surface area contributed by atoms with Crippen LogP contribution < -0.4 is 0 Å². The number of nitrogens with one attached hydrogen (secondary N) is 1. The Morgan fingerprint density at radius 1 is 1.32 bits per heavy atom. The molecule has 1 atom stereocenters. The summed E-state index contributed by atoms with van der Waals surface area (Å²) in [5.74, 6) is 0.271. The average molecular weight is 315 g/mol. The van der Waals surface area contributed by atoms with E-state index < -0.39 is 5.54 Å². The number of aromatic amines is 1. The van der Waals surface area contributed by atoms with E-state index in [1.807, 2.05) is 6.07 Å². The Labute approximate surface area is 134 Å². The highest BCUT2D eigenvalue weighted by Gasteiger charge is 2.51. The third-order valence-corrected chi connectivity index (χ3v) is 5.27. The molecule has 3 nitrogen and oxygen atoms in total. The first kappa shape index (κ1) is 14.0. The zero-order chi connectivity index (χ0) is 15.3. The van der Waals surface area contributed by atoms with E-state index >= 15 is 0 Å². The molecule has 4 rings (SSSR count). The molecule has 0 aliphatic carbocycles. The molecule has 22 heavy (non-hydrogen) atoms. The summed E-state index contributed by atoms with van der Waals surface area (Å²) >= 11 is 6.17. The van der Waals surface area contributed by atoms with Crippen LogP contribution in [0, 0.1) is 0 Å². The fourth-order valence-electron chi connectivity index (χ4n) is 4.24. The van der Waals surface area contributed by atoms with Gasteiger partial charge < -0.3 is 4.98 Å². The summed E-state index contributed by atoms with van der Waals surface area (Å²) in [7, 11) is 0. The second kappa shape index (κ2) is 4.97. The largest absolute Gasteiger partial charge is 0.356 e. The Morgan fingerprint density at radius 3 is 2.95 bits per heavy atom. The third-order valence-electron chi connectivity index (χ3n) is 5.14. The summed E-state index contributed by atoms with van der Waals surface area (Å²) in [6, 6.07) is 8.29. The molecule has 2 aromatic rings. The van der Waals surface area contributed by atoms with Gasteiger partial charge in [-0.3, -0.25) is 9.69 Å². The molecule has 1 saturated heterocycles. The summed E-state index contributed by atoms with van der Waals surface area (Å²) in [6.45, 7) is 5.73. The number of H-pyrrole nitrogens is 1. The van der Waals surface area contributed by atoms with Gasteiger partial charge in [0.25, 0.3) is 0 Å². The first-order valence-corrected chi connectivity index (χ1v) is 8.22. The second-order valence-electron chi connectivity index (χ2n) is 6.34. The van der Waals surface area contributed by atoms with E-state index in [1.54, 1.807) is 0 Å². The monoisotopic (exact) mass is 314 g/mol. The highest BCUT2D eigenvalue weighted by atomic mass is 35.5. The van der Waals surface area contributed by atoms with Crippen molar-refractivity contribution < 1.29 is 4.79 Å². The first-order chi connectivity index (χ1) is 10.6. The van der Waals surface area contributed by atoms with Crippen molar-refractivity contribution in [1.29, 1.82) is 0 Å². The van der Waals surface area contributed by atoms with Gasteiger partial charge in [-0.15, -0.1) is 0 Å². The smallest absolute Gasteiger partial charge is 0.159 e. The average Bonchev–Trinajstić information content (AvgIpc) is 2.87. The van der Waals surface area contributed by atoms with Gasteiger partial charge in [-0.25, -0.2) is 0 Å². The molecule has 0 saturated carbocycles. The molecule has 1 aromatic heterocycles. The Bertz CT molecular complexity index is 778. The van der Waals surface area contributed by atoms with E-state index in [2.05, 4.69) is 34.7 Å². The summed E-state index contributed by atoms with van der Waals surface area (Å²) < 4.78 is 0. The van der Waals surface area contributed by atoms with Crippen molar-refractivity contribution in [1.82, 2.24) is 9.88 Å². The van der Waals surface area contributed by atoms with Gasteiger partial charge in [0.15, 0.2) is 5.78 Å². The predicted octanol–water partition coefficient (Wildman–Crippen LogP) is 3.73. The maximum Gasteiger partial charge on any atom is 0.159 e. The number of carbonyl (C=O) groups excluding carboxylic acids is 1. The summed E-state index contributed by atoms with van der Waals surface area (Å²) in [6.07, 6.45) is 3.02. The van der Waals surface area contributed by atoms with Crippen molar-refractivity contribution >= 4 is 28.3 Å². The van der Waals surface area contributed by atoms with Crippen LogP contribution in [-0.2, 0) is 16.8 Å². The van der Waals surface area contributed by atoms with E-state index in [9.17, 15) is 4.79 Å². The standard InChI is InChI=1S/C18H19ClN2O/c1-12(19)11-18-16(22)7-4-9-21(18)10-8-14-13-5-2-3-6-15(13)20-17(14)18/h2-3,5-6,20H,1,4,7-11H2. The lowest BCUT2D eigenvalue weighted by atomic mass is 9.75. The molecule has 2 aliphatic heterocycles. The molecule has 0 spiro atoms. The fourth-order valence-corrected chi connectivity index (χ4v) is 4.43. The van der Waals surface area contributed by atoms with E-state index in [4.69, 9.17) is 11.6 Å². The number of hydrogen-bond acceptors (Lipinski definition) is 2. The SMILES string of the molecule is C=C(Cl)CC12C(=O)CCCN1CCc1c2[nH]c2ccccc12. The van der Waals surface area contributed by atoms with Gasteiger partial charge in [-0.05, 0) is 31.0 Å². The number of para-hydroxylation sites is 1. The summed E-state index contributed by atoms with van der Waals surface area (Å²) in [5, 5.41) is 1.78. The fraction of sp³-hybridized carbons (Fsp3) is 0.389. The minimum absolute atomic E-state index is 0.271. The number of halogens is 1. The van der Waals surface area contributed by atoms with Crippen LogP contribution in [0.3, 0.4) is 0 Å². The Kier molecular flexibility index (Phi) is 3.17. The maximum absolute atomic E-state index is 13.0. The number of hydrogen-bond donors (Lipinski definition) is 1. The molecule has 0 radical (unpaired) electrons. The van der Waals surface area contributed by atoms with Gasteiger partial charge in [0.2, 0.25) is 0 Å². The lowest BCUT2D eigenvalue weighted by Crippen LogP contribution is -2.58. The molecule has 1 aromatic carbocycles. The molecule has 3 heterocycles. The quantitative estimate of drug-likeness (QED) is 0.917. The molecule has 2 aliphatic rings. The maximum atomic E-state index is 13.0. The van der Waals surface area contributed by atoms with Crippen molar-refractivity contribution in [2.24, 2.45) is 0 Å². The van der Waals surface area contributed by atoms with Crippen molar-refractivity contribution in [3.8, 4) is 0 Å². The number of ketones is 1. The van der Waals surface area contributed by atoms with E-state index in [0.29, 0.717) is 17.9 Å². The van der Waals surface area contributed by atoms with Crippen LogP contribution in [0.2, 0.25) is 0 Å². The molecule has 114 valence electrons. The number of piperidine rings is 1. The predicted molar refractivity (Wildman–Crippen MR) is 89.1 cm³/mol. The minimum Gasteiger partial charge on any atom is -0.356 e. The van der Waals surface area contributed by atoms with Crippen LogP contribution in [0.25, 0.3) is 10.9 Å². The third kappa shape index (κ3) is 1.82. The van der Waals surface area contributed by atoms with Gasteiger partial charge in [0.05, 0.1) is 0 Å². The van der Waals surface area contributed by atoms with Crippen LogP contribution in [0.4, 0.5) is 0 Å². The van der Waals surface area contributed by atoms with E-state index in [1.165, 1.54) is 10.9 Å². The number of carbonyl (C=O) groups is 1. The number of fused-ring (bicyclic) bond motifs is 5. The van der Waals surface area contributed by atoms with E-state index in [-0.39, 0.29) is 5.78 Å². The van der Waals surface area contributed by atoms with Gasteiger partial charge in [0.1, 0.15) is 5.54 Å². The Hall–Kier alpha value is -1.58. The highest BCUT2D eigenvalue weighted by Crippen LogP contribution is 2.46. The van der Waals surface area contributed by atoms with Crippen molar-refractivity contribution in [3.05, 3.63) is 47.1 Å². The van der Waals surface area contributed by atoms with Crippen molar-refractivity contribution in [3.63, 3.8) is 0 Å². The molecule has 1 unspecified atom stereocenters. The summed E-state index contributed by atoms with van der Waals surface area (Å²) in [4.78, 5) is 18.8. The minimum atomic E-state index is -0.635. The lowest BCUT2D eigenvalue weighted by molar-refractivity contribution is -0.137. The molecular formula is C18H19ClN2O. The summed E-state index contributed by atoms with van der Waals surface area (Å²) in [5.41, 5.74) is 2.79. The highest BCUT2D eigenvalue weighted by molar-refractivity contribution is 6.29. The zero-order valence-corrected chi connectivity index (χ0v) is 13.2. The zero-order valence-electron chi connectivity index (χ0n) is 12.5. The Balaban J connectivity index is 1.99. The van der Waals surface area contributed by atoms with Crippen LogP contribution in [0.1, 0.15) is 30.5 Å². The van der Waals surface area contributed by atoms with Gasteiger partial charge in [-0.2, -0.15) is 0 Å². The van der Waals surface area contributed by atoms with Crippen LogP contribution in [0.15, 0.2) is 35.9 Å². The lowest BCUT2D eigenvalue weighted by Gasteiger charge is -2.48. The molecule has 0 bridgehead atoms. The van der Waals surface area contributed by atoms with Crippen LogP contribution >= 0.6 is 11.6 Å². The second-order valence-corrected chi connectivity index (χ2v) is 6.88. The van der Waals surface area contributed by atoms with Gasteiger partial charge in [-0.1, -0.05) is 36.4 Å². The molecule has 1 N–H and O–H groups in total. The Morgan fingerprint density at radius 2 is 2.14 bits per heavy atom. The van der Waals surface area contributed by atoms with Crippen LogP contribution in [0.5, 0.6) is 0 Å². The number of aromatic nitrogens is 1. The molecule has 4 heteroatoms. The van der Waals surface area contributed by atoms with Crippen molar-refractivity contribution in [2.45, 2.75) is 31.2 Å². The molecular weight excluding hydrogens is 296 g/mol. The topological polar surface area (TPSA) is 36.1 Å². The number of benzene rings is 1. The number of rotatable bonds is 2. The first-order valence-electron chi connectivity index (χ1n) is 7.84. The molecule has 0 amide bonds. The van der Waals surface area contributed by atoms with Gasteiger partial charge in [0, 0.05) is 41.0 Å². The van der Waals surface area contributed by atoms with E-state index in [0.717, 1.165) is 37.1 Å². The van der Waals surface area contributed by atoms with Gasteiger partial charge >= 0.3 is 0 Å². The normalized spacial score (nSPS) is 25.0. The molecule has 1 fully saturated rings. The number of Topliss-reactive ketones (excluding diaryl/α,β-unsaturated/α-hetero) is 1. The number of nitrogens with zero attached hydrogens (tertiary/aromatic N) is 1.